The number of alkyl halides is 3. The molecule has 0 aliphatic heterocycles. The molecule has 4 rings (SSSR count). The molecule has 0 radical (unpaired) electrons. The first-order valence-electron chi connectivity index (χ1n) is 9.34. The monoisotopic (exact) mass is 566 g/mol. The summed E-state index contributed by atoms with van der Waals surface area (Å²) in [6, 6.07) is 5.88. The molecule has 11 heteroatoms. The van der Waals surface area contributed by atoms with Gasteiger partial charge in [0.05, 0.1) is 28.5 Å². The SMILES string of the molecule is CC(c1nccnc1-c1ccc(Br)cn1)N(C)c1ncnc2c(C(F)(F)F)cc(Br)cc12. The van der Waals surface area contributed by atoms with E-state index < -0.39 is 11.7 Å². The van der Waals surface area contributed by atoms with Gasteiger partial charge in [-0.25, -0.2) is 9.97 Å². The summed E-state index contributed by atoms with van der Waals surface area (Å²) in [5.74, 6) is 0.342. The molecule has 1 aromatic carbocycles. The van der Waals surface area contributed by atoms with Gasteiger partial charge in [0.15, 0.2) is 0 Å². The van der Waals surface area contributed by atoms with Crippen LogP contribution in [0.5, 0.6) is 0 Å². The first-order chi connectivity index (χ1) is 15.2. The zero-order chi connectivity index (χ0) is 23.0. The Kier molecular flexibility index (Phi) is 6.13. The number of hydrogen-bond donors (Lipinski definition) is 0. The Morgan fingerprint density at radius 3 is 2.38 bits per heavy atom. The Morgan fingerprint density at radius 2 is 1.69 bits per heavy atom. The molecule has 164 valence electrons. The third-order valence-electron chi connectivity index (χ3n) is 5.00. The van der Waals surface area contributed by atoms with Crippen LogP contribution in [0.15, 0.2) is 58.1 Å². The minimum Gasteiger partial charge on any atom is -0.351 e. The molecule has 0 saturated heterocycles. The van der Waals surface area contributed by atoms with Crippen LogP contribution in [0, 0.1) is 0 Å². The highest BCUT2D eigenvalue weighted by atomic mass is 79.9. The van der Waals surface area contributed by atoms with Crippen molar-refractivity contribution in [2.75, 3.05) is 11.9 Å². The predicted octanol–water partition coefficient (Wildman–Crippen LogP) is 6.22. The molecule has 0 aliphatic carbocycles. The highest BCUT2D eigenvalue weighted by Crippen LogP contribution is 2.39. The Hall–Kier alpha value is -2.66. The van der Waals surface area contributed by atoms with Gasteiger partial charge >= 0.3 is 6.18 Å². The number of pyridine rings is 1. The maximum atomic E-state index is 13.6. The molecule has 1 atom stereocenters. The number of anilines is 1. The summed E-state index contributed by atoms with van der Waals surface area (Å²) in [5.41, 5.74) is 0.827. The lowest BCUT2D eigenvalue weighted by Crippen LogP contribution is -2.25. The van der Waals surface area contributed by atoms with Crippen molar-refractivity contribution in [2.45, 2.75) is 19.1 Å². The van der Waals surface area contributed by atoms with E-state index in [1.54, 1.807) is 36.6 Å². The third-order valence-corrected chi connectivity index (χ3v) is 5.92. The van der Waals surface area contributed by atoms with Gasteiger partial charge in [-0.1, -0.05) is 15.9 Å². The average Bonchev–Trinajstić information content (AvgIpc) is 2.77. The van der Waals surface area contributed by atoms with Crippen LogP contribution >= 0.6 is 31.9 Å². The molecule has 6 nitrogen and oxygen atoms in total. The molecule has 0 bridgehead atoms. The molecule has 3 aromatic heterocycles. The van der Waals surface area contributed by atoms with Crippen molar-refractivity contribution < 1.29 is 13.2 Å². The highest BCUT2D eigenvalue weighted by molar-refractivity contribution is 9.10. The smallest absolute Gasteiger partial charge is 0.351 e. The van der Waals surface area contributed by atoms with Crippen LogP contribution in [0.4, 0.5) is 19.0 Å². The van der Waals surface area contributed by atoms with E-state index in [0.29, 0.717) is 22.9 Å². The van der Waals surface area contributed by atoms with E-state index in [9.17, 15) is 13.2 Å². The van der Waals surface area contributed by atoms with Crippen molar-refractivity contribution in [2.24, 2.45) is 0 Å². The van der Waals surface area contributed by atoms with Gasteiger partial charge in [0, 0.05) is 40.0 Å². The zero-order valence-corrected chi connectivity index (χ0v) is 19.9. The van der Waals surface area contributed by atoms with Crippen molar-refractivity contribution in [1.29, 1.82) is 0 Å². The summed E-state index contributed by atoms with van der Waals surface area (Å²) in [6.07, 6.45) is 1.39. The van der Waals surface area contributed by atoms with Gasteiger partial charge in [0.25, 0.3) is 0 Å². The third kappa shape index (κ3) is 4.31. The molecule has 0 aliphatic rings. The minimum atomic E-state index is -4.55. The van der Waals surface area contributed by atoms with E-state index in [1.807, 2.05) is 19.1 Å². The minimum absolute atomic E-state index is 0.168. The van der Waals surface area contributed by atoms with E-state index >= 15 is 0 Å². The van der Waals surface area contributed by atoms with Crippen LogP contribution < -0.4 is 4.90 Å². The molecule has 4 aromatic rings. The Morgan fingerprint density at radius 1 is 0.938 bits per heavy atom. The van der Waals surface area contributed by atoms with Gasteiger partial charge < -0.3 is 4.90 Å². The first-order valence-corrected chi connectivity index (χ1v) is 10.9. The van der Waals surface area contributed by atoms with Crippen LogP contribution in [0.25, 0.3) is 22.3 Å². The summed E-state index contributed by atoms with van der Waals surface area (Å²) >= 11 is 6.54. The molecule has 1 unspecified atom stereocenters. The van der Waals surface area contributed by atoms with Crippen LogP contribution in [-0.4, -0.2) is 32.0 Å². The predicted molar refractivity (Wildman–Crippen MR) is 122 cm³/mol. The van der Waals surface area contributed by atoms with Crippen molar-refractivity contribution >= 4 is 48.6 Å². The van der Waals surface area contributed by atoms with Crippen molar-refractivity contribution in [3.8, 4) is 11.4 Å². The molecule has 0 saturated carbocycles. The molecule has 0 N–H and O–H groups in total. The lowest BCUT2D eigenvalue weighted by Gasteiger charge is -2.27. The average molecular weight is 568 g/mol. The molecule has 0 amide bonds. The Bertz CT molecular complexity index is 1280. The van der Waals surface area contributed by atoms with E-state index in [2.05, 4.69) is 56.8 Å². The largest absolute Gasteiger partial charge is 0.418 e. The zero-order valence-electron chi connectivity index (χ0n) is 16.8. The fourth-order valence-electron chi connectivity index (χ4n) is 3.35. The number of rotatable bonds is 4. The molecule has 3 heterocycles. The van der Waals surface area contributed by atoms with E-state index in [-0.39, 0.29) is 21.4 Å². The summed E-state index contributed by atoms with van der Waals surface area (Å²) in [4.78, 5) is 23.3. The summed E-state index contributed by atoms with van der Waals surface area (Å²) < 4.78 is 41.9. The molecule has 0 fully saturated rings. The maximum absolute atomic E-state index is 13.6. The highest BCUT2D eigenvalue weighted by Gasteiger charge is 2.34. The number of benzene rings is 1. The second-order valence-electron chi connectivity index (χ2n) is 6.98. The van der Waals surface area contributed by atoms with Crippen LogP contribution in [0.3, 0.4) is 0 Å². The van der Waals surface area contributed by atoms with Crippen LogP contribution in [-0.2, 0) is 6.18 Å². The number of fused-ring (bicyclic) bond motifs is 1. The van der Waals surface area contributed by atoms with Gasteiger partial charge in [-0.15, -0.1) is 0 Å². The Labute approximate surface area is 198 Å². The van der Waals surface area contributed by atoms with Crippen molar-refractivity contribution in [3.05, 3.63) is 69.4 Å². The standard InChI is InChI=1S/C21H15Br2F3N6/c1-11(17-19(28-6-5-27-17)16-4-3-12(22)9-29-16)32(2)20-14-7-13(23)8-15(21(24,25)26)18(14)30-10-31-20/h3-11H,1-2H3. The van der Waals surface area contributed by atoms with Gasteiger partial charge in [-0.2, -0.15) is 13.2 Å². The van der Waals surface area contributed by atoms with E-state index in [4.69, 9.17) is 0 Å². The van der Waals surface area contributed by atoms with Crippen molar-refractivity contribution in [1.82, 2.24) is 24.9 Å². The molecule has 32 heavy (non-hydrogen) atoms. The first kappa shape index (κ1) is 22.5. The van der Waals surface area contributed by atoms with Gasteiger partial charge in [0.2, 0.25) is 0 Å². The topological polar surface area (TPSA) is 67.7 Å². The normalized spacial score (nSPS) is 12.7. The van der Waals surface area contributed by atoms with Crippen LogP contribution in [0.1, 0.15) is 24.2 Å². The number of aromatic nitrogens is 5. The van der Waals surface area contributed by atoms with Crippen molar-refractivity contribution in [3.63, 3.8) is 0 Å². The van der Waals surface area contributed by atoms with E-state index in [1.165, 1.54) is 0 Å². The second kappa shape index (κ2) is 8.70. The maximum Gasteiger partial charge on any atom is 0.418 e. The number of halogens is 5. The molecular weight excluding hydrogens is 553 g/mol. The number of nitrogens with zero attached hydrogens (tertiary/aromatic N) is 6. The van der Waals surface area contributed by atoms with Crippen LogP contribution in [0.2, 0.25) is 0 Å². The summed E-state index contributed by atoms with van der Waals surface area (Å²) in [7, 11) is 1.74. The summed E-state index contributed by atoms with van der Waals surface area (Å²) in [6.45, 7) is 1.88. The molecule has 0 spiro atoms. The lowest BCUT2D eigenvalue weighted by atomic mass is 10.1. The van der Waals surface area contributed by atoms with Gasteiger partial charge in [0.1, 0.15) is 17.8 Å². The quantitative estimate of drug-likeness (QED) is 0.291. The molecular formula is C21H15Br2F3N6. The second-order valence-corrected chi connectivity index (χ2v) is 8.81. The van der Waals surface area contributed by atoms with Gasteiger partial charge in [-0.3, -0.25) is 15.0 Å². The van der Waals surface area contributed by atoms with Gasteiger partial charge in [-0.05, 0) is 47.1 Å². The number of hydrogen-bond acceptors (Lipinski definition) is 6. The lowest BCUT2D eigenvalue weighted by molar-refractivity contribution is -0.136. The fourth-order valence-corrected chi connectivity index (χ4v) is 4.04. The summed E-state index contributed by atoms with van der Waals surface area (Å²) in [5, 5.41) is 0.274. The Balaban J connectivity index is 1.82. The fraction of sp³-hybridized carbons (Fsp3) is 0.190. The van der Waals surface area contributed by atoms with E-state index in [0.717, 1.165) is 16.9 Å².